The molecule has 1 aromatic heterocycles. The highest BCUT2D eigenvalue weighted by Crippen LogP contribution is 2.08. The van der Waals surface area contributed by atoms with Gasteiger partial charge < -0.3 is 10.2 Å². The number of rotatable bonds is 2. The van der Waals surface area contributed by atoms with Crippen LogP contribution in [0.4, 0.5) is 4.79 Å². The van der Waals surface area contributed by atoms with Gasteiger partial charge in [0, 0.05) is 19.3 Å². The lowest BCUT2D eigenvalue weighted by Gasteiger charge is -2.26. The molecule has 2 N–H and O–H groups in total. The number of aromatic nitrogens is 2. The Hall–Kier alpha value is -1.52. The van der Waals surface area contributed by atoms with E-state index in [2.05, 4.69) is 15.5 Å². The molecule has 0 radical (unpaired) electrons. The van der Waals surface area contributed by atoms with Crippen LogP contribution in [0.3, 0.4) is 0 Å². The lowest BCUT2D eigenvalue weighted by Crippen LogP contribution is -2.42. The number of carbonyl (C=O) groups excluding carboxylic acids is 1. The fourth-order valence-electron chi connectivity index (χ4n) is 1.76. The molecular formula is C10H16N4O. The van der Waals surface area contributed by atoms with Crippen molar-refractivity contribution in [3.05, 3.63) is 18.0 Å². The molecule has 15 heavy (non-hydrogen) atoms. The van der Waals surface area contributed by atoms with Gasteiger partial charge in [0.1, 0.15) is 0 Å². The van der Waals surface area contributed by atoms with Gasteiger partial charge in [-0.15, -0.1) is 0 Å². The van der Waals surface area contributed by atoms with Crippen LogP contribution in [-0.2, 0) is 6.54 Å². The molecule has 0 unspecified atom stereocenters. The zero-order valence-corrected chi connectivity index (χ0v) is 8.70. The number of urea groups is 1. The highest BCUT2D eigenvalue weighted by atomic mass is 16.2. The van der Waals surface area contributed by atoms with Gasteiger partial charge >= 0.3 is 6.03 Å². The number of H-pyrrole nitrogens is 1. The fraction of sp³-hybridized carbons (Fsp3) is 0.600. The summed E-state index contributed by atoms with van der Waals surface area (Å²) in [5.41, 5.74) is 0.931. The average molecular weight is 208 g/mol. The van der Waals surface area contributed by atoms with Crippen LogP contribution in [0.15, 0.2) is 12.3 Å². The van der Waals surface area contributed by atoms with Gasteiger partial charge in [0.05, 0.1) is 12.2 Å². The van der Waals surface area contributed by atoms with E-state index < -0.39 is 0 Å². The summed E-state index contributed by atoms with van der Waals surface area (Å²) in [6.45, 7) is 2.29. The molecule has 1 saturated heterocycles. The van der Waals surface area contributed by atoms with Crippen molar-refractivity contribution in [3.63, 3.8) is 0 Å². The molecule has 5 heteroatoms. The van der Waals surface area contributed by atoms with Gasteiger partial charge in [0.2, 0.25) is 0 Å². The molecule has 0 spiro atoms. The summed E-state index contributed by atoms with van der Waals surface area (Å²) in [5.74, 6) is 0. The average Bonchev–Trinajstić information content (AvgIpc) is 2.80. The Morgan fingerprint density at radius 2 is 2.27 bits per heavy atom. The number of hydrogen-bond acceptors (Lipinski definition) is 2. The number of nitrogens with one attached hydrogen (secondary N) is 2. The Balaban J connectivity index is 1.76. The van der Waals surface area contributed by atoms with Gasteiger partial charge in [-0.25, -0.2) is 4.79 Å². The molecule has 1 aromatic rings. The zero-order chi connectivity index (χ0) is 10.5. The molecule has 2 rings (SSSR count). The lowest BCUT2D eigenvalue weighted by atomic mass is 10.1. The first-order chi connectivity index (χ1) is 7.36. The smallest absolute Gasteiger partial charge is 0.317 e. The van der Waals surface area contributed by atoms with Crippen LogP contribution in [0.25, 0.3) is 0 Å². The van der Waals surface area contributed by atoms with E-state index in [-0.39, 0.29) is 6.03 Å². The van der Waals surface area contributed by atoms with Crippen LogP contribution in [0.2, 0.25) is 0 Å². The maximum Gasteiger partial charge on any atom is 0.317 e. The van der Waals surface area contributed by atoms with E-state index >= 15 is 0 Å². The maximum atomic E-state index is 11.7. The van der Waals surface area contributed by atoms with Gasteiger partial charge in [0.15, 0.2) is 0 Å². The Kier molecular flexibility index (Phi) is 3.22. The SMILES string of the molecule is O=C(NCc1ccn[nH]1)N1CCCCC1. The number of likely N-dealkylation sites (tertiary alicyclic amines) is 1. The topological polar surface area (TPSA) is 61.0 Å². The first-order valence-corrected chi connectivity index (χ1v) is 5.37. The lowest BCUT2D eigenvalue weighted by molar-refractivity contribution is 0.186. The zero-order valence-electron chi connectivity index (χ0n) is 8.70. The molecule has 1 fully saturated rings. The highest BCUT2D eigenvalue weighted by molar-refractivity contribution is 5.74. The van der Waals surface area contributed by atoms with Crippen LogP contribution in [0, 0.1) is 0 Å². The van der Waals surface area contributed by atoms with Gasteiger partial charge in [-0.3, -0.25) is 5.10 Å². The van der Waals surface area contributed by atoms with E-state index in [0.717, 1.165) is 31.6 Å². The molecule has 1 aliphatic heterocycles. The third-order valence-corrected chi connectivity index (χ3v) is 2.63. The van der Waals surface area contributed by atoms with Crippen molar-refractivity contribution in [1.82, 2.24) is 20.4 Å². The second-order valence-corrected chi connectivity index (χ2v) is 3.79. The van der Waals surface area contributed by atoms with Gasteiger partial charge in [-0.2, -0.15) is 5.10 Å². The number of nitrogens with zero attached hydrogens (tertiary/aromatic N) is 2. The molecule has 0 aromatic carbocycles. The van der Waals surface area contributed by atoms with Gasteiger partial charge in [-0.05, 0) is 25.3 Å². The second-order valence-electron chi connectivity index (χ2n) is 3.79. The molecule has 0 saturated carbocycles. The third-order valence-electron chi connectivity index (χ3n) is 2.63. The van der Waals surface area contributed by atoms with E-state index in [1.54, 1.807) is 6.20 Å². The predicted octanol–water partition coefficient (Wildman–Crippen LogP) is 1.11. The Morgan fingerprint density at radius 1 is 1.47 bits per heavy atom. The quantitative estimate of drug-likeness (QED) is 0.764. The van der Waals surface area contributed by atoms with E-state index in [1.165, 1.54) is 6.42 Å². The largest absolute Gasteiger partial charge is 0.332 e. The Bertz CT molecular complexity index is 303. The Morgan fingerprint density at radius 3 is 2.93 bits per heavy atom. The van der Waals surface area contributed by atoms with Crippen LogP contribution >= 0.6 is 0 Å². The van der Waals surface area contributed by atoms with Crippen molar-refractivity contribution in [2.24, 2.45) is 0 Å². The van der Waals surface area contributed by atoms with Crippen molar-refractivity contribution in [1.29, 1.82) is 0 Å². The van der Waals surface area contributed by atoms with Gasteiger partial charge in [0.25, 0.3) is 0 Å². The molecule has 2 heterocycles. The van der Waals surface area contributed by atoms with Crippen LogP contribution in [0.5, 0.6) is 0 Å². The van der Waals surface area contributed by atoms with Crippen molar-refractivity contribution in [2.75, 3.05) is 13.1 Å². The molecule has 82 valence electrons. The summed E-state index contributed by atoms with van der Waals surface area (Å²) in [6.07, 6.45) is 5.17. The second kappa shape index (κ2) is 4.82. The number of piperidine rings is 1. The summed E-state index contributed by atoms with van der Waals surface area (Å²) in [4.78, 5) is 13.5. The van der Waals surface area contributed by atoms with Crippen molar-refractivity contribution in [2.45, 2.75) is 25.8 Å². The van der Waals surface area contributed by atoms with Crippen LogP contribution < -0.4 is 5.32 Å². The molecule has 0 atom stereocenters. The minimum atomic E-state index is 0.0318. The van der Waals surface area contributed by atoms with E-state index in [9.17, 15) is 4.79 Å². The third kappa shape index (κ3) is 2.71. The van der Waals surface area contributed by atoms with Crippen LogP contribution in [0.1, 0.15) is 25.0 Å². The molecule has 2 amide bonds. The van der Waals surface area contributed by atoms with Crippen molar-refractivity contribution >= 4 is 6.03 Å². The normalized spacial score (nSPS) is 16.4. The van der Waals surface area contributed by atoms with E-state index in [1.807, 2.05) is 11.0 Å². The highest BCUT2D eigenvalue weighted by Gasteiger charge is 2.15. The van der Waals surface area contributed by atoms with Crippen LogP contribution in [-0.4, -0.2) is 34.2 Å². The number of hydrogen-bond donors (Lipinski definition) is 2. The maximum absolute atomic E-state index is 11.7. The first-order valence-electron chi connectivity index (χ1n) is 5.37. The predicted molar refractivity (Wildman–Crippen MR) is 56.2 cm³/mol. The number of aromatic amines is 1. The summed E-state index contributed by atoms with van der Waals surface area (Å²) < 4.78 is 0. The van der Waals surface area contributed by atoms with E-state index in [0.29, 0.717) is 6.54 Å². The van der Waals surface area contributed by atoms with Crippen molar-refractivity contribution < 1.29 is 4.79 Å². The summed E-state index contributed by atoms with van der Waals surface area (Å²) in [6, 6.07) is 1.89. The summed E-state index contributed by atoms with van der Waals surface area (Å²) in [5, 5.41) is 9.51. The summed E-state index contributed by atoms with van der Waals surface area (Å²) in [7, 11) is 0. The first kappa shape index (κ1) is 10.0. The Labute approximate surface area is 88.8 Å². The monoisotopic (exact) mass is 208 g/mol. The number of carbonyl (C=O) groups is 1. The summed E-state index contributed by atoms with van der Waals surface area (Å²) >= 11 is 0. The molecule has 0 bridgehead atoms. The molecular weight excluding hydrogens is 192 g/mol. The molecule has 5 nitrogen and oxygen atoms in total. The minimum Gasteiger partial charge on any atom is -0.332 e. The van der Waals surface area contributed by atoms with E-state index in [4.69, 9.17) is 0 Å². The van der Waals surface area contributed by atoms with Crippen molar-refractivity contribution in [3.8, 4) is 0 Å². The molecule has 0 aliphatic carbocycles. The number of amides is 2. The standard InChI is InChI=1S/C10H16N4O/c15-10(14-6-2-1-3-7-14)11-8-9-4-5-12-13-9/h4-5H,1-3,6-8H2,(H,11,15)(H,12,13). The minimum absolute atomic E-state index is 0.0318. The fourth-order valence-corrected chi connectivity index (χ4v) is 1.76. The molecule has 1 aliphatic rings. The van der Waals surface area contributed by atoms with Gasteiger partial charge in [-0.1, -0.05) is 0 Å².